The summed E-state index contributed by atoms with van der Waals surface area (Å²) in [4.78, 5) is 8.15. The van der Waals surface area contributed by atoms with Gasteiger partial charge in [0.05, 0.1) is 12.2 Å². The molecule has 4 nitrogen and oxygen atoms in total. The van der Waals surface area contributed by atoms with Crippen molar-refractivity contribution < 1.29 is 4.39 Å². The molecule has 1 aromatic rings. The molecule has 2 rings (SSSR count). The number of hydrogen-bond acceptors (Lipinski definition) is 2. The average Bonchev–Trinajstić information content (AvgIpc) is 2.53. The third-order valence-electron chi connectivity index (χ3n) is 3.61. The minimum atomic E-state index is -0.298. The number of nitrogens with zero attached hydrogens (tertiary/aromatic N) is 2. The van der Waals surface area contributed by atoms with Crippen molar-refractivity contribution in [2.75, 3.05) is 13.6 Å². The van der Waals surface area contributed by atoms with Crippen LogP contribution in [0.25, 0.3) is 0 Å². The number of guanidine groups is 1. The van der Waals surface area contributed by atoms with Crippen LogP contribution in [0.5, 0.6) is 0 Å². The standard InChI is InChI=1S/C16H23FN4/c1-18-16(20-11-9-13-6-3-2-4-7-13)21-12-15-14(17)8-5-10-19-15/h5-6,8,10H,2-4,7,9,11-12H2,1H3,(H2,18,20,21). The smallest absolute Gasteiger partial charge is 0.191 e. The summed E-state index contributed by atoms with van der Waals surface area (Å²) >= 11 is 0. The van der Waals surface area contributed by atoms with E-state index in [1.807, 2.05) is 0 Å². The molecule has 21 heavy (non-hydrogen) atoms. The predicted molar refractivity (Wildman–Crippen MR) is 83.6 cm³/mol. The van der Waals surface area contributed by atoms with E-state index in [4.69, 9.17) is 0 Å². The van der Waals surface area contributed by atoms with Gasteiger partial charge in [-0.3, -0.25) is 9.98 Å². The number of rotatable bonds is 5. The van der Waals surface area contributed by atoms with Gasteiger partial charge < -0.3 is 10.6 Å². The normalized spacial score (nSPS) is 15.5. The molecule has 0 aliphatic heterocycles. The van der Waals surface area contributed by atoms with E-state index in [-0.39, 0.29) is 5.82 Å². The molecule has 0 atom stereocenters. The Balaban J connectivity index is 1.73. The number of aliphatic imine (C=N–C) groups is 1. The maximum absolute atomic E-state index is 13.5. The van der Waals surface area contributed by atoms with Crippen LogP contribution in [0.2, 0.25) is 0 Å². The van der Waals surface area contributed by atoms with Crippen molar-refractivity contribution in [3.63, 3.8) is 0 Å². The number of pyridine rings is 1. The van der Waals surface area contributed by atoms with Gasteiger partial charge in [0.15, 0.2) is 5.96 Å². The first-order chi connectivity index (χ1) is 10.3. The van der Waals surface area contributed by atoms with Crippen LogP contribution in [-0.2, 0) is 6.54 Å². The van der Waals surface area contributed by atoms with Gasteiger partial charge in [-0.25, -0.2) is 4.39 Å². The lowest BCUT2D eigenvalue weighted by atomic mass is 9.97. The minimum Gasteiger partial charge on any atom is -0.356 e. The molecule has 2 N–H and O–H groups in total. The van der Waals surface area contributed by atoms with E-state index in [0.717, 1.165) is 13.0 Å². The Hall–Kier alpha value is -1.91. The molecule has 1 heterocycles. The zero-order valence-corrected chi connectivity index (χ0v) is 12.5. The minimum absolute atomic E-state index is 0.298. The van der Waals surface area contributed by atoms with Gasteiger partial charge in [-0.05, 0) is 44.2 Å². The van der Waals surface area contributed by atoms with Crippen LogP contribution in [0.1, 0.15) is 37.8 Å². The zero-order valence-electron chi connectivity index (χ0n) is 12.5. The molecule has 1 aliphatic carbocycles. The Morgan fingerprint density at radius 3 is 3.00 bits per heavy atom. The molecule has 114 valence electrons. The number of hydrogen-bond donors (Lipinski definition) is 2. The summed E-state index contributed by atoms with van der Waals surface area (Å²) in [5, 5.41) is 6.34. The van der Waals surface area contributed by atoms with Gasteiger partial charge in [-0.1, -0.05) is 11.6 Å². The summed E-state index contributed by atoms with van der Waals surface area (Å²) < 4.78 is 13.5. The molecule has 0 aromatic carbocycles. The highest BCUT2D eigenvalue weighted by Crippen LogP contribution is 2.19. The van der Waals surface area contributed by atoms with Gasteiger partial charge >= 0.3 is 0 Å². The van der Waals surface area contributed by atoms with E-state index in [9.17, 15) is 4.39 Å². The third-order valence-corrected chi connectivity index (χ3v) is 3.61. The fourth-order valence-electron chi connectivity index (χ4n) is 2.41. The molecular weight excluding hydrogens is 267 g/mol. The van der Waals surface area contributed by atoms with Gasteiger partial charge in [-0.2, -0.15) is 0 Å². The van der Waals surface area contributed by atoms with Crippen LogP contribution in [0, 0.1) is 5.82 Å². The summed E-state index contributed by atoms with van der Waals surface area (Å²) in [6, 6.07) is 3.00. The van der Waals surface area contributed by atoms with Crippen molar-refractivity contribution in [3.8, 4) is 0 Å². The molecule has 1 aromatic heterocycles. The molecule has 0 fully saturated rings. The fourth-order valence-corrected chi connectivity index (χ4v) is 2.41. The lowest BCUT2D eigenvalue weighted by molar-refractivity contribution is 0.592. The second kappa shape index (κ2) is 8.39. The van der Waals surface area contributed by atoms with Crippen LogP contribution in [0.3, 0.4) is 0 Å². The summed E-state index contributed by atoms with van der Waals surface area (Å²) in [6.07, 6.45) is 10.0. The van der Waals surface area contributed by atoms with E-state index >= 15 is 0 Å². The highest BCUT2D eigenvalue weighted by Gasteiger charge is 2.05. The Kier molecular flexibility index (Phi) is 6.19. The van der Waals surface area contributed by atoms with Gasteiger partial charge in [0.2, 0.25) is 0 Å². The highest BCUT2D eigenvalue weighted by molar-refractivity contribution is 5.79. The molecule has 0 amide bonds. The summed E-state index contributed by atoms with van der Waals surface area (Å²) in [6.45, 7) is 1.17. The average molecular weight is 290 g/mol. The molecule has 0 saturated heterocycles. The molecule has 5 heteroatoms. The van der Waals surface area contributed by atoms with Gasteiger partial charge in [0.25, 0.3) is 0 Å². The number of aromatic nitrogens is 1. The van der Waals surface area contributed by atoms with Gasteiger partial charge in [0.1, 0.15) is 5.82 Å². The van der Waals surface area contributed by atoms with E-state index in [1.165, 1.54) is 37.3 Å². The maximum Gasteiger partial charge on any atom is 0.191 e. The van der Waals surface area contributed by atoms with E-state index < -0.39 is 0 Å². The monoisotopic (exact) mass is 290 g/mol. The summed E-state index contributed by atoms with van der Waals surface area (Å²) in [5.74, 6) is 0.379. The second-order valence-electron chi connectivity index (χ2n) is 5.14. The quantitative estimate of drug-likeness (QED) is 0.498. The van der Waals surface area contributed by atoms with Crippen LogP contribution in [0.4, 0.5) is 4.39 Å². The fraction of sp³-hybridized carbons (Fsp3) is 0.500. The van der Waals surface area contributed by atoms with Crippen molar-refractivity contribution in [3.05, 3.63) is 41.5 Å². The summed E-state index contributed by atoms with van der Waals surface area (Å²) in [7, 11) is 1.71. The lowest BCUT2D eigenvalue weighted by Crippen LogP contribution is -2.37. The van der Waals surface area contributed by atoms with E-state index in [0.29, 0.717) is 18.2 Å². The highest BCUT2D eigenvalue weighted by atomic mass is 19.1. The van der Waals surface area contributed by atoms with Crippen LogP contribution < -0.4 is 10.6 Å². The second-order valence-corrected chi connectivity index (χ2v) is 5.14. The SMILES string of the molecule is CN=C(NCCC1=CCCCC1)NCc1ncccc1F. The van der Waals surface area contributed by atoms with E-state index in [2.05, 4.69) is 26.7 Å². The first kappa shape index (κ1) is 15.5. The van der Waals surface area contributed by atoms with Gasteiger partial charge in [-0.15, -0.1) is 0 Å². The van der Waals surface area contributed by atoms with Crippen LogP contribution in [-0.4, -0.2) is 24.5 Å². The molecule has 0 radical (unpaired) electrons. The molecule has 0 unspecified atom stereocenters. The Labute approximate surface area is 125 Å². The first-order valence-corrected chi connectivity index (χ1v) is 7.51. The molecule has 0 saturated carbocycles. The Bertz CT molecular complexity index is 511. The Morgan fingerprint density at radius 2 is 2.29 bits per heavy atom. The van der Waals surface area contributed by atoms with Crippen molar-refractivity contribution in [2.45, 2.75) is 38.6 Å². The number of nitrogens with one attached hydrogen (secondary N) is 2. The Morgan fingerprint density at radius 1 is 1.38 bits per heavy atom. The predicted octanol–water partition coefficient (Wildman–Crippen LogP) is 2.78. The molecule has 1 aliphatic rings. The van der Waals surface area contributed by atoms with Crippen LogP contribution in [0.15, 0.2) is 35.0 Å². The zero-order chi connectivity index (χ0) is 14.9. The number of allylic oxidation sites excluding steroid dienone is 1. The maximum atomic E-state index is 13.5. The third kappa shape index (κ3) is 5.17. The summed E-state index contributed by atoms with van der Waals surface area (Å²) in [5.41, 5.74) is 1.93. The number of halogens is 1. The van der Waals surface area contributed by atoms with Crippen molar-refractivity contribution in [1.82, 2.24) is 15.6 Å². The van der Waals surface area contributed by atoms with Crippen LogP contribution >= 0.6 is 0 Å². The lowest BCUT2D eigenvalue weighted by Gasteiger charge is -2.15. The van der Waals surface area contributed by atoms with Gasteiger partial charge in [0, 0.05) is 19.8 Å². The van der Waals surface area contributed by atoms with E-state index in [1.54, 1.807) is 19.3 Å². The topological polar surface area (TPSA) is 49.3 Å². The first-order valence-electron chi connectivity index (χ1n) is 7.51. The largest absolute Gasteiger partial charge is 0.356 e. The van der Waals surface area contributed by atoms with Crippen molar-refractivity contribution in [2.24, 2.45) is 4.99 Å². The molecule has 0 spiro atoms. The molecule has 0 bridgehead atoms. The molecular formula is C16H23FN4. The van der Waals surface area contributed by atoms with Crippen molar-refractivity contribution >= 4 is 5.96 Å². The van der Waals surface area contributed by atoms with Crippen molar-refractivity contribution in [1.29, 1.82) is 0 Å².